The van der Waals surface area contributed by atoms with E-state index in [0.717, 1.165) is 43.9 Å². The van der Waals surface area contributed by atoms with Gasteiger partial charge in [-0.25, -0.2) is 0 Å². The number of fused-ring (bicyclic) bond motifs is 1. The first kappa shape index (κ1) is 16.4. The van der Waals surface area contributed by atoms with Gasteiger partial charge in [0.05, 0.1) is 12.2 Å². The van der Waals surface area contributed by atoms with E-state index in [1.807, 2.05) is 0 Å². The standard InChI is InChI=1S/C19H31N3O2/c1-14(2)12-21-9-7-19(8-10-21)11-16(23)18-17(24-19)13-22(20-18)15-5-3-4-6-15/h13-16,23H,3-12H2,1-2H3. The fraction of sp³-hybridized carbons (Fsp3) is 0.842. The number of ether oxygens (including phenoxy) is 1. The van der Waals surface area contributed by atoms with E-state index < -0.39 is 6.10 Å². The van der Waals surface area contributed by atoms with Crippen LogP contribution in [0.4, 0.5) is 0 Å². The average molecular weight is 333 g/mol. The van der Waals surface area contributed by atoms with E-state index in [1.54, 1.807) is 0 Å². The molecule has 0 bridgehead atoms. The largest absolute Gasteiger partial charge is 0.483 e. The van der Waals surface area contributed by atoms with Gasteiger partial charge in [0.2, 0.25) is 0 Å². The molecule has 1 saturated heterocycles. The number of aliphatic hydroxyl groups is 1. The van der Waals surface area contributed by atoms with Gasteiger partial charge >= 0.3 is 0 Å². The molecule has 1 saturated carbocycles. The van der Waals surface area contributed by atoms with Gasteiger partial charge < -0.3 is 14.7 Å². The molecule has 0 radical (unpaired) electrons. The Morgan fingerprint density at radius 2 is 2.00 bits per heavy atom. The van der Waals surface area contributed by atoms with Crippen molar-refractivity contribution >= 4 is 0 Å². The highest BCUT2D eigenvalue weighted by Gasteiger charge is 2.44. The van der Waals surface area contributed by atoms with E-state index >= 15 is 0 Å². The summed E-state index contributed by atoms with van der Waals surface area (Å²) < 4.78 is 8.52. The number of likely N-dealkylation sites (tertiary alicyclic amines) is 1. The Hall–Kier alpha value is -1.07. The van der Waals surface area contributed by atoms with Gasteiger partial charge in [-0.3, -0.25) is 4.68 Å². The summed E-state index contributed by atoms with van der Waals surface area (Å²) in [7, 11) is 0. The molecule has 4 rings (SSSR count). The highest BCUT2D eigenvalue weighted by Crippen LogP contribution is 2.44. The smallest absolute Gasteiger partial charge is 0.163 e. The molecule has 24 heavy (non-hydrogen) atoms. The number of piperidine rings is 1. The molecule has 5 heteroatoms. The molecule has 1 atom stereocenters. The molecule has 1 aromatic rings. The lowest BCUT2D eigenvalue weighted by Gasteiger charge is -2.45. The van der Waals surface area contributed by atoms with Crippen LogP contribution in [0.3, 0.4) is 0 Å². The predicted molar refractivity (Wildman–Crippen MR) is 93.2 cm³/mol. The fourth-order valence-corrected chi connectivity index (χ4v) is 4.74. The second-order valence-electron chi connectivity index (χ2n) is 8.50. The molecule has 134 valence electrons. The lowest BCUT2D eigenvalue weighted by molar-refractivity contribution is -0.0559. The van der Waals surface area contributed by atoms with Gasteiger partial charge in [-0.2, -0.15) is 5.10 Å². The van der Waals surface area contributed by atoms with Crippen molar-refractivity contribution in [1.82, 2.24) is 14.7 Å². The van der Waals surface area contributed by atoms with Crippen molar-refractivity contribution in [3.05, 3.63) is 11.9 Å². The fourth-order valence-electron chi connectivity index (χ4n) is 4.74. The number of aliphatic hydroxyl groups excluding tert-OH is 1. The molecule has 3 aliphatic rings. The van der Waals surface area contributed by atoms with E-state index in [-0.39, 0.29) is 5.60 Å². The summed E-state index contributed by atoms with van der Waals surface area (Å²) in [6.45, 7) is 7.83. The van der Waals surface area contributed by atoms with Gasteiger partial charge in [-0.15, -0.1) is 0 Å². The second-order valence-corrected chi connectivity index (χ2v) is 8.50. The highest BCUT2D eigenvalue weighted by molar-refractivity contribution is 5.31. The third kappa shape index (κ3) is 3.08. The number of rotatable bonds is 3. The molecular weight excluding hydrogens is 302 g/mol. The summed E-state index contributed by atoms with van der Waals surface area (Å²) in [5.41, 5.74) is 0.570. The molecule has 1 spiro atoms. The number of hydrogen-bond acceptors (Lipinski definition) is 4. The molecule has 1 N–H and O–H groups in total. The van der Waals surface area contributed by atoms with Crippen LogP contribution < -0.4 is 4.74 Å². The van der Waals surface area contributed by atoms with E-state index in [1.165, 1.54) is 25.7 Å². The molecule has 1 unspecified atom stereocenters. The van der Waals surface area contributed by atoms with Crippen molar-refractivity contribution in [3.8, 4) is 5.75 Å². The Balaban J connectivity index is 1.47. The van der Waals surface area contributed by atoms with Crippen LogP contribution in [0.1, 0.15) is 76.6 Å². The maximum Gasteiger partial charge on any atom is 0.163 e. The topological polar surface area (TPSA) is 50.5 Å². The minimum absolute atomic E-state index is 0.191. The Morgan fingerprint density at radius 3 is 2.67 bits per heavy atom. The highest BCUT2D eigenvalue weighted by atomic mass is 16.5. The molecule has 3 heterocycles. The summed E-state index contributed by atoms with van der Waals surface area (Å²) in [6.07, 6.45) is 9.25. The van der Waals surface area contributed by atoms with Crippen LogP contribution in [0.5, 0.6) is 5.75 Å². The van der Waals surface area contributed by atoms with Crippen molar-refractivity contribution in [2.24, 2.45) is 5.92 Å². The number of aromatic nitrogens is 2. The first-order valence-electron chi connectivity index (χ1n) is 9.73. The van der Waals surface area contributed by atoms with E-state index in [9.17, 15) is 5.11 Å². The second kappa shape index (κ2) is 6.34. The van der Waals surface area contributed by atoms with Crippen molar-refractivity contribution in [1.29, 1.82) is 0 Å². The third-order valence-electron chi connectivity index (χ3n) is 6.02. The van der Waals surface area contributed by atoms with Crippen LogP contribution >= 0.6 is 0 Å². The van der Waals surface area contributed by atoms with Gasteiger partial charge in [-0.05, 0) is 31.6 Å². The lowest BCUT2D eigenvalue weighted by Crippen LogP contribution is -2.51. The monoisotopic (exact) mass is 333 g/mol. The van der Waals surface area contributed by atoms with Crippen molar-refractivity contribution < 1.29 is 9.84 Å². The Labute approximate surface area is 145 Å². The molecule has 1 aliphatic carbocycles. The van der Waals surface area contributed by atoms with Crippen molar-refractivity contribution in [2.75, 3.05) is 19.6 Å². The molecule has 1 aromatic heterocycles. The third-order valence-corrected chi connectivity index (χ3v) is 6.02. The Morgan fingerprint density at radius 1 is 1.29 bits per heavy atom. The minimum Gasteiger partial charge on any atom is -0.483 e. The van der Waals surface area contributed by atoms with E-state index in [0.29, 0.717) is 18.4 Å². The first-order chi connectivity index (χ1) is 11.5. The predicted octanol–water partition coefficient (Wildman–Crippen LogP) is 3.30. The average Bonchev–Trinajstić information content (AvgIpc) is 3.18. The summed E-state index contributed by atoms with van der Waals surface area (Å²) in [4.78, 5) is 2.53. The van der Waals surface area contributed by atoms with E-state index in [2.05, 4.69) is 34.7 Å². The quantitative estimate of drug-likeness (QED) is 0.922. The van der Waals surface area contributed by atoms with Gasteiger partial charge in [0.15, 0.2) is 5.75 Å². The molecule has 0 amide bonds. The summed E-state index contributed by atoms with van der Waals surface area (Å²) >= 11 is 0. The Kier molecular flexibility index (Phi) is 4.33. The number of hydrogen-bond donors (Lipinski definition) is 1. The summed E-state index contributed by atoms with van der Waals surface area (Å²) in [5, 5.41) is 15.4. The van der Waals surface area contributed by atoms with Gasteiger partial charge in [0, 0.05) is 26.1 Å². The van der Waals surface area contributed by atoms with Crippen molar-refractivity contribution in [3.63, 3.8) is 0 Å². The zero-order chi connectivity index (χ0) is 16.7. The van der Waals surface area contributed by atoms with Crippen LogP contribution in [-0.4, -0.2) is 45.0 Å². The van der Waals surface area contributed by atoms with Crippen molar-refractivity contribution in [2.45, 2.75) is 76.5 Å². The lowest BCUT2D eigenvalue weighted by atomic mass is 9.83. The maximum atomic E-state index is 10.7. The maximum absolute atomic E-state index is 10.7. The summed E-state index contributed by atoms with van der Waals surface area (Å²) in [5.74, 6) is 1.53. The van der Waals surface area contributed by atoms with Crippen LogP contribution in [0, 0.1) is 5.92 Å². The molecule has 0 aromatic carbocycles. The molecule has 2 fully saturated rings. The number of nitrogens with zero attached hydrogens (tertiary/aromatic N) is 3. The van der Waals surface area contributed by atoms with Crippen LogP contribution in [0.2, 0.25) is 0 Å². The van der Waals surface area contributed by atoms with Gasteiger partial charge in [0.25, 0.3) is 0 Å². The molecule has 5 nitrogen and oxygen atoms in total. The minimum atomic E-state index is -0.479. The van der Waals surface area contributed by atoms with Gasteiger partial charge in [-0.1, -0.05) is 26.7 Å². The SMILES string of the molecule is CC(C)CN1CCC2(CC1)CC(O)c1nn(C3CCCC3)cc1O2. The zero-order valence-corrected chi connectivity index (χ0v) is 15.1. The first-order valence-corrected chi connectivity index (χ1v) is 9.73. The normalized spacial score (nSPS) is 27.6. The van der Waals surface area contributed by atoms with Crippen LogP contribution in [-0.2, 0) is 0 Å². The van der Waals surface area contributed by atoms with Crippen LogP contribution in [0.25, 0.3) is 0 Å². The molecular formula is C19H31N3O2. The zero-order valence-electron chi connectivity index (χ0n) is 15.1. The van der Waals surface area contributed by atoms with Gasteiger partial charge in [0.1, 0.15) is 17.4 Å². The van der Waals surface area contributed by atoms with Crippen LogP contribution in [0.15, 0.2) is 6.20 Å². The Bertz CT molecular complexity index is 569. The summed E-state index contributed by atoms with van der Waals surface area (Å²) in [6, 6.07) is 0.496. The van der Waals surface area contributed by atoms with E-state index in [4.69, 9.17) is 4.74 Å². The molecule has 2 aliphatic heterocycles.